The van der Waals surface area contributed by atoms with E-state index in [-0.39, 0.29) is 18.0 Å². The van der Waals surface area contributed by atoms with Gasteiger partial charge in [0, 0.05) is 24.9 Å². The Morgan fingerprint density at radius 2 is 2.05 bits per heavy atom. The summed E-state index contributed by atoms with van der Waals surface area (Å²) < 4.78 is 0. The number of rotatable bonds is 1. The maximum absolute atomic E-state index is 12.2. The number of hydrogen-bond acceptors (Lipinski definition) is 3. The van der Waals surface area contributed by atoms with Crippen LogP contribution in [0.1, 0.15) is 25.7 Å². The monoisotopic (exact) mass is 271 g/mol. The fourth-order valence-electron chi connectivity index (χ4n) is 4.07. The molecule has 4 rings (SSSR count). The Bertz CT molecular complexity index is 502. The van der Waals surface area contributed by atoms with Crippen LogP contribution in [-0.4, -0.2) is 59.7 Å². The van der Waals surface area contributed by atoms with Crippen LogP contribution in [0.2, 0.25) is 0 Å². The van der Waals surface area contributed by atoms with Crippen LogP contribution in [-0.2, 0) is 4.79 Å². The zero-order chi connectivity index (χ0) is 13.5. The number of aliphatic imine (C=N–C) groups is 1. The Labute approximate surface area is 119 Å². The molecule has 0 aromatic heterocycles. The maximum Gasteiger partial charge on any atom is 0.246 e. The summed E-state index contributed by atoms with van der Waals surface area (Å²) in [7, 11) is 0. The van der Waals surface area contributed by atoms with Gasteiger partial charge in [-0.3, -0.25) is 14.7 Å². The second-order valence-electron chi connectivity index (χ2n) is 6.28. The lowest BCUT2D eigenvalue weighted by Crippen LogP contribution is -2.59. The molecule has 0 aromatic rings. The van der Waals surface area contributed by atoms with Crippen LogP contribution in [0, 0.1) is 0 Å². The van der Waals surface area contributed by atoms with Gasteiger partial charge in [-0.15, -0.1) is 0 Å². The molecule has 3 atom stereocenters. The highest BCUT2D eigenvalue weighted by Gasteiger charge is 2.42. The van der Waals surface area contributed by atoms with Gasteiger partial charge in [-0.1, -0.05) is 12.5 Å². The summed E-state index contributed by atoms with van der Waals surface area (Å²) in [5.74, 6) is 0.163. The number of allylic oxidation sites excluding steroid dienone is 1. The molecule has 4 nitrogen and oxygen atoms in total. The first-order valence-corrected chi connectivity index (χ1v) is 7.78. The van der Waals surface area contributed by atoms with Gasteiger partial charge in [-0.05, 0) is 44.0 Å². The molecule has 4 heteroatoms. The van der Waals surface area contributed by atoms with Crippen LogP contribution in [0.5, 0.6) is 0 Å². The van der Waals surface area contributed by atoms with Crippen molar-refractivity contribution in [2.24, 2.45) is 4.99 Å². The molecule has 0 N–H and O–H groups in total. The molecule has 0 saturated carbocycles. The fourth-order valence-corrected chi connectivity index (χ4v) is 4.07. The molecule has 0 aromatic carbocycles. The molecule has 4 aliphatic heterocycles. The highest BCUT2D eigenvalue weighted by molar-refractivity contribution is 5.90. The molecular weight excluding hydrogens is 250 g/mol. The van der Waals surface area contributed by atoms with E-state index in [0.717, 1.165) is 13.0 Å². The first-order valence-electron chi connectivity index (χ1n) is 7.78. The predicted octanol–water partition coefficient (Wildman–Crippen LogP) is 1.39. The van der Waals surface area contributed by atoms with Crippen LogP contribution in [0.4, 0.5) is 0 Å². The minimum atomic E-state index is 0.148. The van der Waals surface area contributed by atoms with Gasteiger partial charge in [0.2, 0.25) is 5.91 Å². The van der Waals surface area contributed by atoms with E-state index in [2.05, 4.69) is 20.9 Å². The molecule has 0 spiro atoms. The van der Waals surface area contributed by atoms with Gasteiger partial charge < -0.3 is 4.90 Å². The summed E-state index contributed by atoms with van der Waals surface area (Å²) in [5.41, 5.74) is 1.39. The van der Waals surface area contributed by atoms with Crippen LogP contribution >= 0.6 is 0 Å². The highest BCUT2D eigenvalue weighted by Crippen LogP contribution is 2.34. The van der Waals surface area contributed by atoms with Crippen molar-refractivity contribution in [3.63, 3.8) is 0 Å². The lowest BCUT2D eigenvalue weighted by atomic mass is 9.83. The summed E-state index contributed by atoms with van der Waals surface area (Å²) in [4.78, 5) is 21.4. The van der Waals surface area contributed by atoms with E-state index in [1.54, 1.807) is 6.08 Å². The fraction of sp³-hybridized carbons (Fsp3) is 0.625. The molecule has 4 heterocycles. The highest BCUT2D eigenvalue weighted by atomic mass is 16.2. The molecule has 3 unspecified atom stereocenters. The van der Waals surface area contributed by atoms with Crippen LogP contribution in [0.25, 0.3) is 0 Å². The minimum absolute atomic E-state index is 0.148. The number of piperidine rings is 2. The van der Waals surface area contributed by atoms with Crippen molar-refractivity contribution in [1.29, 1.82) is 0 Å². The molecule has 0 aliphatic carbocycles. The zero-order valence-electron chi connectivity index (χ0n) is 11.7. The van der Waals surface area contributed by atoms with Crippen LogP contribution in [0.15, 0.2) is 28.8 Å². The van der Waals surface area contributed by atoms with Gasteiger partial charge in [-0.2, -0.15) is 0 Å². The average molecular weight is 271 g/mol. The van der Waals surface area contributed by atoms with Crippen molar-refractivity contribution in [1.82, 2.24) is 9.80 Å². The van der Waals surface area contributed by atoms with Gasteiger partial charge in [0.05, 0.1) is 12.1 Å². The molecule has 2 fully saturated rings. The number of dihydropyridines is 1. The Hall–Kier alpha value is -1.42. The van der Waals surface area contributed by atoms with Crippen molar-refractivity contribution in [3.05, 3.63) is 23.8 Å². The Morgan fingerprint density at radius 1 is 1.20 bits per heavy atom. The largest absolute Gasteiger partial charge is 0.328 e. The third-order valence-electron chi connectivity index (χ3n) is 5.09. The molecule has 4 aliphatic rings. The van der Waals surface area contributed by atoms with Gasteiger partial charge >= 0.3 is 0 Å². The first-order chi connectivity index (χ1) is 9.83. The second kappa shape index (κ2) is 4.85. The Morgan fingerprint density at radius 3 is 2.90 bits per heavy atom. The van der Waals surface area contributed by atoms with E-state index in [1.807, 2.05) is 12.3 Å². The first kappa shape index (κ1) is 12.3. The summed E-state index contributed by atoms with van der Waals surface area (Å²) in [6.07, 6.45) is 12.8. The van der Waals surface area contributed by atoms with Crippen molar-refractivity contribution >= 4 is 12.1 Å². The molecule has 1 amide bonds. The third kappa shape index (κ3) is 1.94. The molecule has 0 bridgehead atoms. The normalized spacial score (nSPS) is 36.8. The lowest BCUT2D eigenvalue weighted by Gasteiger charge is -2.49. The van der Waals surface area contributed by atoms with Crippen LogP contribution in [0.3, 0.4) is 0 Å². The third-order valence-corrected chi connectivity index (χ3v) is 5.09. The molecule has 0 radical (unpaired) electrons. The number of carbonyl (C=O) groups is 1. The van der Waals surface area contributed by atoms with Crippen molar-refractivity contribution in [2.75, 3.05) is 19.6 Å². The summed E-state index contributed by atoms with van der Waals surface area (Å²) >= 11 is 0. The smallest absolute Gasteiger partial charge is 0.246 e. The Balaban J connectivity index is 1.62. The van der Waals surface area contributed by atoms with E-state index in [0.29, 0.717) is 6.04 Å². The minimum Gasteiger partial charge on any atom is -0.328 e. The number of carbonyl (C=O) groups excluding carboxylic acids is 1. The average Bonchev–Trinajstić information content (AvgIpc) is 2.51. The molecule has 2 saturated heterocycles. The molecule has 20 heavy (non-hydrogen) atoms. The number of likely N-dealkylation sites (tertiary alicyclic amines) is 1. The van der Waals surface area contributed by atoms with Crippen LogP contribution < -0.4 is 0 Å². The topological polar surface area (TPSA) is 35.9 Å². The quantitative estimate of drug-likeness (QED) is 0.722. The Kier molecular flexibility index (Phi) is 2.99. The van der Waals surface area contributed by atoms with Crippen molar-refractivity contribution in [3.8, 4) is 0 Å². The summed E-state index contributed by atoms with van der Waals surface area (Å²) in [6, 6.07) is 0.842. The standard InChI is InChI=1S/C16H21N3O/c20-15-5-4-14-16-12(6-7-17-14)10-13(11-19(15)16)18-8-2-1-3-9-18/h4-7,13-14,16H,1-3,8-11H2. The summed E-state index contributed by atoms with van der Waals surface area (Å²) in [5, 5.41) is 0. The number of amides is 1. The summed E-state index contributed by atoms with van der Waals surface area (Å²) in [6.45, 7) is 3.26. The van der Waals surface area contributed by atoms with Gasteiger partial charge in [0.1, 0.15) is 0 Å². The van der Waals surface area contributed by atoms with Crippen molar-refractivity contribution in [2.45, 2.75) is 43.8 Å². The maximum atomic E-state index is 12.2. The second-order valence-corrected chi connectivity index (χ2v) is 6.28. The lowest BCUT2D eigenvalue weighted by molar-refractivity contribution is -0.130. The molecular formula is C16H21N3O. The van der Waals surface area contributed by atoms with E-state index in [1.165, 1.54) is 37.9 Å². The van der Waals surface area contributed by atoms with E-state index < -0.39 is 0 Å². The predicted molar refractivity (Wildman–Crippen MR) is 78.8 cm³/mol. The van der Waals surface area contributed by atoms with Gasteiger partial charge in [-0.25, -0.2) is 0 Å². The van der Waals surface area contributed by atoms with Crippen molar-refractivity contribution < 1.29 is 4.79 Å². The number of hydrogen-bond donors (Lipinski definition) is 0. The van der Waals surface area contributed by atoms with Gasteiger partial charge in [0.25, 0.3) is 0 Å². The van der Waals surface area contributed by atoms with E-state index in [4.69, 9.17) is 0 Å². The SMILES string of the molecule is O=C1C=CC2N=CC=C3CC(N4CCCCC4)CN1C32. The zero-order valence-corrected chi connectivity index (χ0v) is 11.7. The van der Waals surface area contributed by atoms with E-state index >= 15 is 0 Å². The number of nitrogens with zero attached hydrogens (tertiary/aromatic N) is 3. The molecule has 106 valence electrons. The van der Waals surface area contributed by atoms with Gasteiger partial charge in [0.15, 0.2) is 0 Å². The van der Waals surface area contributed by atoms with E-state index in [9.17, 15) is 4.79 Å².